The summed E-state index contributed by atoms with van der Waals surface area (Å²) < 4.78 is 5.90. The van der Waals surface area contributed by atoms with Crippen LogP contribution in [0, 0.1) is 0 Å². The molecule has 2 aromatic rings. The summed E-state index contributed by atoms with van der Waals surface area (Å²) in [5.74, 6) is 1.72. The second-order valence-electron chi connectivity index (χ2n) is 5.49. The van der Waals surface area contributed by atoms with Gasteiger partial charge in [0.1, 0.15) is 5.15 Å². The van der Waals surface area contributed by atoms with Gasteiger partial charge in [-0.3, -0.25) is 0 Å². The Kier molecular flexibility index (Phi) is 6.93. The van der Waals surface area contributed by atoms with Gasteiger partial charge in [-0.05, 0) is 35.6 Å². The van der Waals surface area contributed by atoms with E-state index in [-0.39, 0.29) is 6.04 Å². The largest absolute Gasteiger partial charge is 0.477 e. The highest BCUT2D eigenvalue weighted by atomic mass is 35.5. The minimum absolute atomic E-state index is 0.0708. The van der Waals surface area contributed by atoms with Crippen LogP contribution < -0.4 is 10.5 Å². The zero-order valence-electron chi connectivity index (χ0n) is 13.9. The summed E-state index contributed by atoms with van der Waals surface area (Å²) in [6.45, 7) is 7.07. The van der Waals surface area contributed by atoms with E-state index in [0.29, 0.717) is 22.9 Å². The lowest BCUT2D eigenvalue weighted by Crippen LogP contribution is -2.11. The SMILES string of the molecule is CCSC(C)CCOc1ncc(C(N)CC)c2cc(Cl)ncc12. The van der Waals surface area contributed by atoms with E-state index in [1.807, 2.05) is 17.8 Å². The smallest absolute Gasteiger partial charge is 0.222 e. The highest BCUT2D eigenvalue weighted by Gasteiger charge is 2.14. The number of hydrogen-bond donors (Lipinski definition) is 1. The number of halogens is 1. The second-order valence-corrected chi connectivity index (χ2v) is 7.59. The zero-order valence-corrected chi connectivity index (χ0v) is 15.5. The van der Waals surface area contributed by atoms with Crippen molar-refractivity contribution < 1.29 is 4.74 Å². The number of rotatable bonds is 8. The number of fused-ring (bicyclic) bond motifs is 1. The molecule has 2 aromatic heterocycles. The van der Waals surface area contributed by atoms with E-state index in [2.05, 4.69) is 30.7 Å². The van der Waals surface area contributed by atoms with Crippen molar-refractivity contribution >= 4 is 34.1 Å². The Morgan fingerprint density at radius 3 is 2.74 bits per heavy atom. The Morgan fingerprint density at radius 1 is 1.26 bits per heavy atom. The Hall–Kier alpha value is -1.04. The number of thioether (sulfide) groups is 1. The fourth-order valence-corrected chi connectivity index (χ4v) is 3.42. The van der Waals surface area contributed by atoms with Crippen LogP contribution in [0.15, 0.2) is 18.5 Å². The molecule has 2 N–H and O–H groups in total. The van der Waals surface area contributed by atoms with Crippen molar-refractivity contribution in [3.8, 4) is 5.88 Å². The maximum absolute atomic E-state index is 6.19. The fraction of sp³-hybridized carbons (Fsp3) is 0.529. The highest BCUT2D eigenvalue weighted by molar-refractivity contribution is 7.99. The van der Waals surface area contributed by atoms with Crippen molar-refractivity contribution in [3.05, 3.63) is 29.2 Å². The molecule has 4 nitrogen and oxygen atoms in total. The number of nitrogens with two attached hydrogens (primary N) is 1. The van der Waals surface area contributed by atoms with Crippen LogP contribution in [0.4, 0.5) is 0 Å². The van der Waals surface area contributed by atoms with Crippen molar-refractivity contribution in [2.75, 3.05) is 12.4 Å². The fourth-order valence-electron chi connectivity index (χ4n) is 2.43. The van der Waals surface area contributed by atoms with E-state index in [1.165, 1.54) is 0 Å². The lowest BCUT2D eigenvalue weighted by atomic mass is 10.0. The third-order valence-electron chi connectivity index (χ3n) is 3.79. The molecule has 0 saturated heterocycles. The maximum Gasteiger partial charge on any atom is 0.222 e. The Bertz CT molecular complexity index is 653. The van der Waals surface area contributed by atoms with Gasteiger partial charge in [-0.1, -0.05) is 32.4 Å². The molecule has 2 heterocycles. The van der Waals surface area contributed by atoms with Crippen LogP contribution in [-0.2, 0) is 0 Å². The Morgan fingerprint density at radius 2 is 2.04 bits per heavy atom. The van der Waals surface area contributed by atoms with Crippen molar-refractivity contribution in [2.45, 2.75) is 44.9 Å². The molecule has 0 bridgehead atoms. The topological polar surface area (TPSA) is 61.0 Å². The molecule has 0 saturated carbocycles. The van der Waals surface area contributed by atoms with Gasteiger partial charge < -0.3 is 10.5 Å². The molecule has 0 aliphatic heterocycles. The van der Waals surface area contributed by atoms with Gasteiger partial charge in [-0.15, -0.1) is 0 Å². The highest BCUT2D eigenvalue weighted by Crippen LogP contribution is 2.31. The predicted molar refractivity (Wildman–Crippen MR) is 99.5 cm³/mol. The average molecular weight is 354 g/mol. The lowest BCUT2D eigenvalue weighted by Gasteiger charge is -2.16. The molecule has 0 aliphatic rings. The van der Waals surface area contributed by atoms with Crippen molar-refractivity contribution in [1.82, 2.24) is 9.97 Å². The predicted octanol–water partition coefficient (Wildman–Crippen LogP) is 4.60. The minimum atomic E-state index is -0.0708. The van der Waals surface area contributed by atoms with Crippen LogP contribution in [0.2, 0.25) is 5.15 Å². The van der Waals surface area contributed by atoms with Gasteiger partial charge in [0.25, 0.3) is 0 Å². The molecule has 0 radical (unpaired) electrons. The molecule has 0 aromatic carbocycles. The third-order valence-corrected chi connectivity index (χ3v) is 5.13. The summed E-state index contributed by atoms with van der Waals surface area (Å²) >= 11 is 7.99. The molecule has 0 fully saturated rings. The monoisotopic (exact) mass is 353 g/mol. The minimum Gasteiger partial charge on any atom is -0.477 e. The van der Waals surface area contributed by atoms with Crippen LogP contribution in [0.5, 0.6) is 5.88 Å². The van der Waals surface area contributed by atoms with E-state index < -0.39 is 0 Å². The van der Waals surface area contributed by atoms with E-state index in [0.717, 1.165) is 34.9 Å². The molecule has 6 heteroatoms. The Balaban J connectivity index is 2.24. The summed E-state index contributed by atoms with van der Waals surface area (Å²) in [6, 6.07) is 1.77. The molecular formula is C17H24ClN3OS. The number of pyridine rings is 2. The van der Waals surface area contributed by atoms with Gasteiger partial charge in [0, 0.05) is 23.7 Å². The second kappa shape index (κ2) is 8.71. The van der Waals surface area contributed by atoms with Crippen LogP contribution in [-0.4, -0.2) is 27.6 Å². The first-order chi connectivity index (χ1) is 11.1. The molecule has 0 amide bonds. The first-order valence-electron chi connectivity index (χ1n) is 8.00. The maximum atomic E-state index is 6.19. The quantitative estimate of drug-likeness (QED) is 0.702. The molecule has 2 rings (SSSR count). The van der Waals surface area contributed by atoms with Gasteiger partial charge in [-0.2, -0.15) is 11.8 Å². The standard InChI is InChI=1S/C17H24ClN3OS/c1-4-15(19)13-9-21-17(22-7-6-11(3)23-5-2)14-10-20-16(18)8-12(13)14/h8-11,15H,4-7,19H2,1-3H3. The van der Waals surface area contributed by atoms with Gasteiger partial charge in [-0.25, -0.2) is 9.97 Å². The number of nitrogens with zero attached hydrogens (tertiary/aromatic N) is 2. The van der Waals surface area contributed by atoms with Gasteiger partial charge in [0.05, 0.1) is 12.0 Å². The van der Waals surface area contributed by atoms with Gasteiger partial charge in [0.15, 0.2) is 0 Å². The van der Waals surface area contributed by atoms with E-state index >= 15 is 0 Å². The van der Waals surface area contributed by atoms with E-state index in [4.69, 9.17) is 22.1 Å². The normalized spacial score (nSPS) is 14.0. The molecular weight excluding hydrogens is 330 g/mol. The first-order valence-corrected chi connectivity index (χ1v) is 9.43. The Labute approximate surface area is 147 Å². The first kappa shape index (κ1) is 18.3. The summed E-state index contributed by atoms with van der Waals surface area (Å²) in [5, 5.41) is 2.87. The lowest BCUT2D eigenvalue weighted by molar-refractivity contribution is 0.303. The van der Waals surface area contributed by atoms with Gasteiger partial charge in [0.2, 0.25) is 5.88 Å². The molecule has 126 valence electrons. The average Bonchev–Trinajstić information content (AvgIpc) is 2.54. The van der Waals surface area contributed by atoms with Gasteiger partial charge >= 0.3 is 0 Å². The zero-order chi connectivity index (χ0) is 16.8. The third kappa shape index (κ3) is 4.72. The van der Waals surface area contributed by atoms with Crippen molar-refractivity contribution in [3.63, 3.8) is 0 Å². The van der Waals surface area contributed by atoms with Crippen LogP contribution in [0.1, 0.15) is 45.2 Å². The van der Waals surface area contributed by atoms with Crippen molar-refractivity contribution in [2.24, 2.45) is 5.73 Å². The van der Waals surface area contributed by atoms with Crippen LogP contribution >= 0.6 is 23.4 Å². The van der Waals surface area contributed by atoms with E-state index in [1.54, 1.807) is 12.4 Å². The molecule has 0 aliphatic carbocycles. The molecule has 23 heavy (non-hydrogen) atoms. The summed E-state index contributed by atoms with van der Waals surface area (Å²) in [5.41, 5.74) is 7.17. The van der Waals surface area contributed by atoms with Crippen LogP contribution in [0.25, 0.3) is 10.8 Å². The number of aromatic nitrogens is 2. The van der Waals surface area contributed by atoms with Crippen LogP contribution in [0.3, 0.4) is 0 Å². The summed E-state index contributed by atoms with van der Waals surface area (Å²) in [6.07, 6.45) is 5.34. The number of hydrogen-bond acceptors (Lipinski definition) is 5. The number of ether oxygens (including phenoxy) is 1. The van der Waals surface area contributed by atoms with E-state index in [9.17, 15) is 0 Å². The van der Waals surface area contributed by atoms with Crippen molar-refractivity contribution in [1.29, 1.82) is 0 Å². The summed E-state index contributed by atoms with van der Waals surface area (Å²) in [4.78, 5) is 8.62. The molecule has 0 spiro atoms. The molecule has 2 unspecified atom stereocenters. The summed E-state index contributed by atoms with van der Waals surface area (Å²) in [7, 11) is 0. The molecule has 2 atom stereocenters.